The van der Waals surface area contributed by atoms with Crippen LogP contribution >= 0.6 is 0 Å². The fraction of sp³-hybridized carbons (Fsp3) is 0.818. The lowest BCUT2D eigenvalue weighted by atomic mass is 10.3. The highest BCUT2D eigenvalue weighted by molar-refractivity contribution is 5.82. The first-order valence-corrected chi connectivity index (χ1v) is 6.19. The van der Waals surface area contributed by atoms with E-state index >= 15 is 0 Å². The van der Waals surface area contributed by atoms with Crippen molar-refractivity contribution in [3.8, 4) is 0 Å². The van der Waals surface area contributed by atoms with Crippen molar-refractivity contribution < 1.29 is 24.2 Å². The van der Waals surface area contributed by atoms with Crippen molar-refractivity contribution in [3.63, 3.8) is 0 Å². The Balaban J connectivity index is 2.17. The van der Waals surface area contributed by atoms with Gasteiger partial charge in [0.1, 0.15) is 0 Å². The highest BCUT2D eigenvalue weighted by Crippen LogP contribution is 1.94. The Hall–Kier alpha value is -1.38. The maximum atomic E-state index is 11.5. The lowest BCUT2D eigenvalue weighted by Gasteiger charge is -2.26. The molecule has 0 aromatic heterocycles. The number of morpholine rings is 1. The summed E-state index contributed by atoms with van der Waals surface area (Å²) in [5.41, 5.74) is 0. The molecule has 3 N–H and O–H groups in total. The third-order valence-electron chi connectivity index (χ3n) is 2.75. The van der Waals surface area contributed by atoms with E-state index in [-0.39, 0.29) is 6.61 Å². The Morgan fingerprint density at radius 3 is 2.68 bits per heavy atom. The molecule has 0 bridgehead atoms. The number of carbonyl (C=O) groups excluding carboxylic acids is 1. The number of hydrogen-bond donors (Lipinski definition) is 3. The molecule has 1 saturated heterocycles. The van der Waals surface area contributed by atoms with Crippen LogP contribution in [-0.2, 0) is 14.3 Å². The zero-order valence-corrected chi connectivity index (χ0v) is 11.1. The van der Waals surface area contributed by atoms with Crippen molar-refractivity contribution in [3.05, 3.63) is 0 Å². The van der Waals surface area contributed by atoms with Crippen molar-refractivity contribution >= 4 is 12.0 Å². The Morgan fingerprint density at radius 2 is 2.11 bits per heavy atom. The molecule has 0 aromatic carbocycles. The van der Waals surface area contributed by atoms with Crippen LogP contribution in [-0.4, -0.2) is 81.2 Å². The molecule has 1 aliphatic rings. The van der Waals surface area contributed by atoms with E-state index in [4.69, 9.17) is 14.6 Å². The van der Waals surface area contributed by atoms with Gasteiger partial charge in [-0.2, -0.15) is 0 Å². The van der Waals surface area contributed by atoms with Gasteiger partial charge in [0, 0.05) is 33.3 Å². The number of hydrogen-bond acceptors (Lipinski definition) is 5. The third kappa shape index (κ3) is 6.37. The maximum absolute atomic E-state index is 11.5. The zero-order chi connectivity index (χ0) is 14.1. The van der Waals surface area contributed by atoms with Crippen LogP contribution in [0.1, 0.15) is 0 Å². The van der Waals surface area contributed by atoms with Gasteiger partial charge in [0.15, 0.2) is 6.04 Å². The normalized spacial score (nSPS) is 17.7. The predicted octanol–water partition coefficient (Wildman–Crippen LogP) is -1.28. The molecule has 8 nitrogen and oxygen atoms in total. The summed E-state index contributed by atoms with van der Waals surface area (Å²) in [7, 11) is 1.38. The van der Waals surface area contributed by atoms with Gasteiger partial charge in [-0.1, -0.05) is 0 Å². The first-order valence-electron chi connectivity index (χ1n) is 6.19. The first-order chi connectivity index (χ1) is 9.13. The monoisotopic (exact) mass is 275 g/mol. The number of aliphatic carboxylic acids is 1. The summed E-state index contributed by atoms with van der Waals surface area (Å²) in [4.78, 5) is 24.5. The minimum Gasteiger partial charge on any atom is -0.480 e. The number of methoxy groups -OCH3 is 1. The smallest absolute Gasteiger partial charge is 0.328 e. The number of carbonyl (C=O) groups is 2. The van der Waals surface area contributed by atoms with Gasteiger partial charge in [-0.15, -0.1) is 0 Å². The molecular weight excluding hydrogens is 254 g/mol. The fourth-order valence-electron chi connectivity index (χ4n) is 1.70. The van der Waals surface area contributed by atoms with Crippen LogP contribution < -0.4 is 10.6 Å². The molecule has 1 atom stereocenters. The predicted molar refractivity (Wildman–Crippen MR) is 67.1 cm³/mol. The molecule has 1 aliphatic heterocycles. The fourth-order valence-corrected chi connectivity index (χ4v) is 1.70. The number of carboxylic acid groups (broad SMARTS) is 1. The van der Waals surface area contributed by atoms with Gasteiger partial charge in [-0.3, -0.25) is 4.90 Å². The standard InChI is InChI=1S/C11H21N3O5/c1-18-8-9(10(15)16)13-11(17)12-2-3-14-4-6-19-7-5-14/h9H,2-8H2,1H3,(H,15,16)(H2,12,13,17). The number of urea groups is 1. The van der Waals surface area contributed by atoms with E-state index in [2.05, 4.69) is 15.5 Å². The molecule has 110 valence electrons. The molecule has 1 fully saturated rings. The van der Waals surface area contributed by atoms with E-state index in [1.54, 1.807) is 0 Å². The average Bonchev–Trinajstić information content (AvgIpc) is 2.39. The van der Waals surface area contributed by atoms with E-state index < -0.39 is 18.0 Å². The van der Waals surface area contributed by atoms with Crippen molar-refractivity contribution in [1.82, 2.24) is 15.5 Å². The largest absolute Gasteiger partial charge is 0.480 e. The Labute approximate surface area is 112 Å². The molecule has 0 saturated carbocycles. The van der Waals surface area contributed by atoms with Gasteiger partial charge in [-0.05, 0) is 0 Å². The molecule has 1 heterocycles. The Kier molecular flexibility index (Phi) is 7.16. The van der Waals surface area contributed by atoms with Crippen LogP contribution in [0.25, 0.3) is 0 Å². The highest BCUT2D eigenvalue weighted by atomic mass is 16.5. The van der Waals surface area contributed by atoms with Gasteiger partial charge in [0.2, 0.25) is 0 Å². The molecule has 1 rings (SSSR count). The molecule has 1 unspecified atom stereocenters. The second kappa shape index (κ2) is 8.68. The summed E-state index contributed by atoms with van der Waals surface area (Å²) in [6.45, 7) is 4.24. The van der Waals surface area contributed by atoms with Crippen molar-refractivity contribution in [2.24, 2.45) is 0 Å². The van der Waals surface area contributed by atoms with Crippen LogP contribution in [0.4, 0.5) is 4.79 Å². The summed E-state index contributed by atoms with van der Waals surface area (Å²) >= 11 is 0. The molecule has 0 aromatic rings. The van der Waals surface area contributed by atoms with Gasteiger partial charge in [-0.25, -0.2) is 9.59 Å². The molecule has 0 radical (unpaired) electrons. The molecular formula is C11H21N3O5. The SMILES string of the molecule is COCC(NC(=O)NCCN1CCOCC1)C(=O)O. The van der Waals surface area contributed by atoms with Crippen molar-refractivity contribution in [2.75, 3.05) is 53.1 Å². The molecule has 2 amide bonds. The number of nitrogens with one attached hydrogen (secondary N) is 2. The maximum Gasteiger partial charge on any atom is 0.328 e. The van der Waals surface area contributed by atoms with Gasteiger partial charge in [0.25, 0.3) is 0 Å². The second-order valence-corrected chi connectivity index (χ2v) is 4.20. The van der Waals surface area contributed by atoms with Crippen LogP contribution in [0.5, 0.6) is 0 Å². The average molecular weight is 275 g/mol. The summed E-state index contributed by atoms with van der Waals surface area (Å²) in [5, 5.41) is 13.8. The van der Waals surface area contributed by atoms with Crippen LogP contribution in [0.15, 0.2) is 0 Å². The molecule has 19 heavy (non-hydrogen) atoms. The summed E-state index contributed by atoms with van der Waals surface area (Å²) < 4.78 is 9.93. The summed E-state index contributed by atoms with van der Waals surface area (Å²) in [6, 6.07) is -1.54. The van der Waals surface area contributed by atoms with E-state index in [9.17, 15) is 9.59 Å². The molecule has 0 aliphatic carbocycles. The van der Waals surface area contributed by atoms with Crippen molar-refractivity contribution in [1.29, 1.82) is 0 Å². The summed E-state index contributed by atoms with van der Waals surface area (Å²) in [5.74, 6) is -1.12. The highest BCUT2D eigenvalue weighted by Gasteiger charge is 2.19. The number of ether oxygens (including phenoxy) is 2. The van der Waals surface area contributed by atoms with Crippen LogP contribution in [0, 0.1) is 0 Å². The number of rotatable bonds is 7. The van der Waals surface area contributed by atoms with E-state index in [1.807, 2.05) is 0 Å². The van der Waals surface area contributed by atoms with E-state index in [0.29, 0.717) is 19.8 Å². The molecule has 0 spiro atoms. The van der Waals surface area contributed by atoms with E-state index in [0.717, 1.165) is 19.6 Å². The number of amides is 2. The third-order valence-corrected chi connectivity index (χ3v) is 2.75. The molecule has 8 heteroatoms. The lowest BCUT2D eigenvalue weighted by molar-refractivity contribution is -0.140. The summed E-state index contributed by atoms with van der Waals surface area (Å²) in [6.07, 6.45) is 0. The number of carboxylic acids is 1. The Morgan fingerprint density at radius 1 is 1.42 bits per heavy atom. The van der Waals surface area contributed by atoms with Gasteiger partial charge in [0.05, 0.1) is 19.8 Å². The zero-order valence-electron chi connectivity index (χ0n) is 11.1. The quantitative estimate of drug-likeness (QED) is 0.535. The first kappa shape index (κ1) is 15.7. The number of nitrogens with zero attached hydrogens (tertiary/aromatic N) is 1. The lowest BCUT2D eigenvalue weighted by Crippen LogP contribution is -2.50. The van der Waals surface area contributed by atoms with Crippen LogP contribution in [0.3, 0.4) is 0 Å². The van der Waals surface area contributed by atoms with Gasteiger partial charge < -0.3 is 25.2 Å². The van der Waals surface area contributed by atoms with Crippen molar-refractivity contribution in [2.45, 2.75) is 6.04 Å². The van der Waals surface area contributed by atoms with Gasteiger partial charge >= 0.3 is 12.0 Å². The Bertz CT molecular complexity index is 294. The van der Waals surface area contributed by atoms with E-state index in [1.165, 1.54) is 7.11 Å². The minimum atomic E-state index is -1.12. The minimum absolute atomic E-state index is 0.0633. The van der Waals surface area contributed by atoms with Crippen LogP contribution in [0.2, 0.25) is 0 Å². The second-order valence-electron chi connectivity index (χ2n) is 4.20. The topological polar surface area (TPSA) is 100 Å².